The third-order valence-electron chi connectivity index (χ3n) is 6.10. The molecule has 0 aliphatic carbocycles. The highest BCUT2D eigenvalue weighted by atomic mass is 16.5. The molecule has 33 heavy (non-hydrogen) atoms. The van der Waals surface area contributed by atoms with Gasteiger partial charge in [-0.15, -0.1) is 0 Å². The van der Waals surface area contributed by atoms with Gasteiger partial charge in [0.1, 0.15) is 17.1 Å². The minimum atomic E-state index is -0.799. The molecule has 172 valence electrons. The number of hydrogen-bond donors (Lipinski definition) is 1. The maximum Gasteiger partial charge on any atom is 0.274 e. The molecule has 1 unspecified atom stereocenters. The minimum Gasteiger partial charge on any atom is -0.361 e. The fourth-order valence-corrected chi connectivity index (χ4v) is 4.32. The van der Waals surface area contributed by atoms with E-state index < -0.39 is 5.41 Å². The summed E-state index contributed by atoms with van der Waals surface area (Å²) in [6.45, 7) is 7.12. The molecule has 1 fully saturated rings. The van der Waals surface area contributed by atoms with Crippen molar-refractivity contribution in [2.24, 2.45) is 5.41 Å². The third kappa shape index (κ3) is 4.94. The van der Waals surface area contributed by atoms with Crippen LogP contribution in [0.25, 0.3) is 11.3 Å². The molecule has 0 spiro atoms. The van der Waals surface area contributed by atoms with E-state index in [0.29, 0.717) is 38.1 Å². The quantitative estimate of drug-likeness (QED) is 0.622. The normalized spacial score (nSPS) is 18.2. The van der Waals surface area contributed by atoms with Crippen LogP contribution >= 0.6 is 0 Å². The Labute approximate surface area is 193 Å². The van der Waals surface area contributed by atoms with Gasteiger partial charge >= 0.3 is 0 Å². The number of aryl methyl sites for hydroxylation is 2. The van der Waals surface area contributed by atoms with Crippen molar-refractivity contribution in [1.29, 1.82) is 0 Å². The standard InChI is InChI=1S/C25H29N5O3/c1-4-26-24(32)25(13-20-12-21(29-33-20)19-8-6-17(2)7-9-19)10-5-11-30(16-25)23(31)22-15-27-18(3)14-28-22/h6-9,12,14-15H,4-5,10-11,13,16H2,1-3H3,(H,26,32). The molecule has 0 saturated carbocycles. The van der Waals surface area contributed by atoms with E-state index in [-0.39, 0.29) is 24.1 Å². The number of carbonyl (C=O) groups excluding carboxylic acids is 2. The van der Waals surface area contributed by atoms with Crippen LogP contribution in [0.3, 0.4) is 0 Å². The zero-order valence-corrected chi connectivity index (χ0v) is 19.3. The van der Waals surface area contributed by atoms with Gasteiger partial charge in [-0.2, -0.15) is 0 Å². The van der Waals surface area contributed by atoms with Crippen LogP contribution in [-0.2, 0) is 11.2 Å². The lowest BCUT2D eigenvalue weighted by Crippen LogP contribution is -2.54. The molecule has 1 aromatic carbocycles. The Morgan fingerprint density at radius 3 is 2.64 bits per heavy atom. The number of aromatic nitrogens is 3. The summed E-state index contributed by atoms with van der Waals surface area (Å²) in [6.07, 6.45) is 4.80. The average Bonchev–Trinajstić information content (AvgIpc) is 3.28. The Hall–Kier alpha value is -3.55. The number of nitrogens with zero attached hydrogens (tertiary/aromatic N) is 4. The van der Waals surface area contributed by atoms with Gasteiger partial charge in [0.25, 0.3) is 5.91 Å². The molecule has 2 amide bonds. The topological polar surface area (TPSA) is 101 Å². The van der Waals surface area contributed by atoms with E-state index in [4.69, 9.17) is 4.52 Å². The van der Waals surface area contributed by atoms with Gasteiger partial charge in [-0.25, -0.2) is 4.98 Å². The van der Waals surface area contributed by atoms with Crippen molar-refractivity contribution in [3.8, 4) is 11.3 Å². The molecule has 8 nitrogen and oxygen atoms in total. The first-order valence-electron chi connectivity index (χ1n) is 11.3. The molecule has 0 bridgehead atoms. The lowest BCUT2D eigenvalue weighted by molar-refractivity contribution is -0.134. The molecule has 1 saturated heterocycles. The van der Waals surface area contributed by atoms with E-state index in [1.165, 1.54) is 11.8 Å². The molecule has 3 aromatic rings. The predicted molar refractivity (Wildman–Crippen MR) is 123 cm³/mol. The Balaban J connectivity index is 1.58. The second kappa shape index (κ2) is 9.52. The lowest BCUT2D eigenvalue weighted by atomic mass is 9.75. The number of piperidine rings is 1. The van der Waals surface area contributed by atoms with E-state index >= 15 is 0 Å². The molecule has 3 heterocycles. The van der Waals surface area contributed by atoms with Crippen LogP contribution in [0, 0.1) is 19.3 Å². The van der Waals surface area contributed by atoms with Gasteiger partial charge in [0, 0.05) is 43.9 Å². The number of benzene rings is 1. The molecule has 8 heteroatoms. The first kappa shape index (κ1) is 22.6. The van der Waals surface area contributed by atoms with Crippen LogP contribution in [0.15, 0.2) is 47.2 Å². The SMILES string of the molecule is CCNC(=O)C1(Cc2cc(-c3ccc(C)cc3)no2)CCCN(C(=O)c2cnc(C)cn2)C1. The van der Waals surface area contributed by atoms with Crippen molar-refractivity contribution < 1.29 is 14.1 Å². The van der Waals surface area contributed by atoms with E-state index in [0.717, 1.165) is 17.0 Å². The van der Waals surface area contributed by atoms with Crippen molar-refractivity contribution in [1.82, 2.24) is 25.3 Å². The maximum absolute atomic E-state index is 13.2. The second-order valence-electron chi connectivity index (χ2n) is 8.73. The number of nitrogens with one attached hydrogen (secondary N) is 1. The third-order valence-corrected chi connectivity index (χ3v) is 6.10. The zero-order chi connectivity index (χ0) is 23.4. The molecule has 1 aliphatic rings. The Morgan fingerprint density at radius 2 is 1.94 bits per heavy atom. The molecule has 0 radical (unpaired) electrons. The Morgan fingerprint density at radius 1 is 1.15 bits per heavy atom. The van der Waals surface area contributed by atoms with Crippen molar-refractivity contribution in [2.75, 3.05) is 19.6 Å². The number of hydrogen-bond acceptors (Lipinski definition) is 6. The first-order valence-corrected chi connectivity index (χ1v) is 11.3. The second-order valence-corrected chi connectivity index (χ2v) is 8.73. The molecule has 1 aliphatic heterocycles. The molecule has 1 atom stereocenters. The molecular formula is C25H29N5O3. The molecule has 4 rings (SSSR count). The van der Waals surface area contributed by atoms with E-state index in [1.807, 2.05) is 51.1 Å². The smallest absolute Gasteiger partial charge is 0.274 e. The number of amides is 2. The largest absolute Gasteiger partial charge is 0.361 e. The van der Waals surface area contributed by atoms with Crippen molar-refractivity contribution in [2.45, 2.75) is 40.0 Å². The number of rotatable bonds is 6. The van der Waals surface area contributed by atoms with E-state index in [1.54, 1.807) is 11.1 Å². The molecular weight excluding hydrogens is 418 g/mol. The van der Waals surface area contributed by atoms with Crippen LogP contribution < -0.4 is 5.32 Å². The summed E-state index contributed by atoms with van der Waals surface area (Å²) in [5.74, 6) is 0.334. The summed E-state index contributed by atoms with van der Waals surface area (Å²) >= 11 is 0. The Bertz CT molecular complexity index is 1120. The number of likely N-dealkylation sites (tertiary alicyclic amines) is 1. The van der Waals surface area contributed by atoms with Gasteiger partial charge in [0.15, 0.2) is 0 Å². The molecule has 2 aromatic heterocycles. The predicted octanol–water partition coefficient (Wildman–Crippen LogP) is 3.35. The highest BCUT2D eigenvalue weighted by molar-refractivity contribution is 5.93. The van der Waals surface area contributed by atoms with Crippen LogP contribution in [0.2, 0.25) is 0 Å². The summed E-state index contributed by atoms with van der Waals surface area (Å²) < 4.78 is 5.64. The summed E-state index contributed by atoms with van der Waals surface area (Å²) in [5, 5.41) is 7.18. The summed E-state index contributed by atoms with van der Waals surface area (Å²) in [5.41, 5.74) is 3.09. The van der Waals surface area contributed by atoms with Gasteiger partial charge < -0.3 is 14.7 Å². The van der Waals surface area contributed by atoms with Crippen molar-refractivity contribution in [3.63, 3.8) is 0 Å². The van der Waals surface area contributed by atoms with Gasteiger partial charge in [-0.1, -0.05) is 35.0 Å². The van der Waals surface area contributed by atoms with Crippen LogP contribution in [0.1, 0.15) is 47.3 Å². The summed E-state index contributed by atoms with van der Waals surface area (Å²) in [6, 6.07) is 9.94. The van der Waals surface area contributed by atoms with Gasteiger partial charge in [0.05, 0.1) is 17.3 Å². The first-order chi connectivity index (χ1) is 15.9. The zero-order valence-electron chi connectivity index (χ0n) is 19.3. The maximum atomic E-state index is 13.2. The average molecular weight is 448 g/mol. The summed E-state index contributed by atoms with van der Waals surface area (Å²) in [4.78, 5) is 36.5. The van der Waals surface area contributed by atoms with E-state index in [2.05, 4.69) is 20.4 Å². The van der Waals surface area contributed by atoms with Crippen molar-refractivity contribution >= 4 is 11.8 Å². The van der Waals surface area contributed by atoms with Gasteiger partial charge in [0.2, 0.25) is 5.91 Å². The van der Waals surface area contributed by atoms with Gasteiger partial charge in [-0.05, 0) is 33.6 Å². The van der Waals surface area contributed by atoms with Crippen LogP contribution in [0.5, 0.6) is 0 Å². The number of carbonyl (C=O) groups is 2. The van der Waals surface area contributed by atoms with Crippen LogP contribution in [-0.4, -0.2) is 51.5 Å². The van der Waals surface area contributed by atoms with Gasteiger partial charge in [-0.3, -0.25) is 14.6 Å². The molecule has 1 N–H and O–H groups in total. The monoisotopic (exact) mass is 447 g/mol. The highest BCUT2D eigenvalue weighted by Crippen LogP contribution is 2.35. The van der Waals surface area contributed by atoms with Crippen molar-refractivity contribution in [3.05, 3.63) is 65.4 Å². The van der Waals surface area contributed by atoms with E-state index in [9.17, 15) is 9.59 Å². The lowest BCUT2D eigenvalue weighted by Gasteiger charge is -2.41. The van der Waals surface area contributed by atoms with Crippen LogP contribution in [0.4, 0.5) is 0 Å². The fourth-order valence-electron chi connectivity index (χ4n) is 4.32. The summed E-state index contributed by atoms with van der Waals surface area (Å²) in [7, 11) is 0. The fraction of sp³-hybridized carbons (Fsp3) is 0.400. The highest BCUT2D eigenvalue weighted by Gasteiger charge is 2.44. The minimum absolute atomic E-state index is 0.0780. The Kier molecular flexibility index (Phi) is 6.53.